The first-order valence-electron chi connectivity index (χ1n) is 5.91. The Morgan fingerprint density at radius 3 is 2.94 bits per heavy atom. The van der Waals surface area contributed by atoms with Crippen LogP contribution in [0.15, 0.2) is 0 Å². The summed E-state index contributed by atoms with van der Waals surface area (Å²) in [6, 6.07) is 0. The van der Waals surface area contributed by atoms with Crippen LogP contribution in [-0.4, -0.2) is 34.0 Å². The van der Waals surface area contributed by atoms with E-state index in [1.165, 1.54) is 4.88 Å². The minimum Gasteiger partial charge on any atom is -0.481 e. The highest BCUT2D eigenvalue weighted by molar-refractivity contribution is 7.11. The molecule has 17 heavy (non-hydrogen) atoms. The quantitative estimate of drug-likeness (QED) is 0.893. The van der Waals surface area contributed by atoms with Gasteiger partial charge in [0.05, 0.1) is 10.7 Å². The third kappa shape index (κ3) is 3.26. The Bertz CT molecular complexity index is 417. The Labute approximate surface area is 105 Å². The molecular weight excluding hydrogens is 236 g/mol. The molecule has 0 radical (unpaired) electrons. The van der Waals surface area contributed by atoms with Crippen molar-refractivity contribution in [2.75, 3.05) is 13.1 Å². The second kappa shape index (κ2) is 5.14. The van der Waals surface area contributed by atoms with E-state index in [0.29, 0.717) is 12.3 Å². The summed E-state index contributed by atoms with van der Waals surface area (Å²) in [7, 11) is 0. The smallest absolute Gasteiger partial charge is 0.303 e. The number of rotatable bonds is 4. The van der Waals surface area contributed by atoms with Crippen molar-refractivity contribution >= 4 is 17.3 Å². The van der Waals surface area contributed by atoms with Gasteiger partial charge in [0, 0.05) is 24.4 Å². The second-order valence-corrected chi connectivity index (χ2v) is 6.02. The summed E-state index contributed by atoms with van der Waals surface area (Å²) in [5, 5.41) is 9.88. The van der Waals surface area contributed by atoms with Crippen LogP contribution in [0.5, 0.6) is 0 Å². The molecule has 1 aliphatic heterocycles. The van der Waals surface area contributed by atoms with Gasteiger partial charge in [-0.15, -0.1) is 11.3 Å². The lowest BCUT2D eigenvalue weighted by Gasteiger charge is -2.14. The molecule has 1 fully saturated rings. The number of aryl methyl sites for hydroxylation is 2. The van der Waals surface area contributed by atoms with Gasteiger partial charge in [-0.25, -0.2) is 4.98 Å². The predicted octanol–water partition coefficient (Wildman–Crippen LogP) is 2.06. The van der Waals surface area contributed by atoms with E-state index in [2.05, 4.69) is 9.88 Å². The van der Waals surface area contributed by atoms with Crippen molar-refractivity contribution < 1.29 is 9.90 Å². The standard InChI is InChI=1S/C12H18N2O2S/c1-8-11(17-9(2)13-8)7-14-4-3-10(6-14)5-12(15)16/h10H,3-7H2,1-2H3,(H,15,16). The number of thiazole rings is 1. The largest absolute Gasteiger partial charge is 0.481 e. The van der Waals surface area contributed by atoms with Crippen LogP contribution in [0.1, 0.15) is 28.4 Å². The van der Waals surface area contributed by atoms with Gasteiger partial charge in [-0.3, -0.25) is 9.69 Å². The van der Waals surface area contributed by atoms with Crippen molar-refractivity contribution in [1.82, 2.24) is 9.88 Å². The van der Waals surface area contributed by atoms with Crippen LogP contribution in [0.2, 0.25) is 0 Å². The molecule has 0 aromatic carbocycles. The lowest BCUT2D eigenvalue weighted by molar-refractivity contribution is -0.138. The highest BCUT2D eigenvalue weighted by Crippen LogP contribution is 2.25. The zero-order valence-corrected chi connectivity index (χ0v) is 11.1. The first-order chi connectivity index (χ1) is 8.04. The van der Waals surface area contributed by atoms with E-state index in [-0.39, 0.29) is 0 Å². The number of aliphatic carboxylic acids is 1. The number of hydrogen-bond acceptors (Lipinski definition) is 4. The molecule has 0 aliphatic carbocycles. The van der Waals surface area contributed by atoms with E-state index in [1.54, 1.807) is 11.3 Å². The lowest BCUT2D eigenvalue weighted by atomic mass is 10.1. The number of carboxylic acid groups (broad SMARTS) is 1. The first kappa shape index (κ1) is 12.5. The fraction of sp³-hybridized carbons (Fsp3) is 0.667. The van der Waals surface area contributed by atoms with Crippen LogP contribution in [0.3, 0.4) is 0 Å². The van der Waals surface area contributed by atoms with E-state index >= 15 is 0 Å². The van der Waals surface area contributed by atoms with Crippen LogP contribution < -0.4 is 0 Å². The number of carboxylic acids is 1. The van der Waals surface area contributed by atoms with Crippen LogP contribution in [0, 0.1) is 19.8 Å². The normalized spacial score (nSPS) is 20.9. The van der Waals surface area contributed by atoms with Crippen LogP contribution >= 0.6 is 11.3 Å². The molecule has 1 atom stereocenters. The molecule has 0 saturated carbocycles. The summed E-state index contributed by atoms with van der Waals surface area (Å²) in [4.78, 5) is 18.7. The van der Waals surface area contributed by atoms with Gasteiger partial charge in [-0.1, -0.05) is 0 Å². The molecule has 1 saturated heterocycles. The number of nitrogens with zero attached hydrogens (tertiary/aromatic N) is 2. The second-order valence-electron chi connectivity index (χ2n) is 4.73. The number of likely N-dealkylation sites (tertiary alicyclic amines) is 1. The van der Waals surface area contributed by atoms with Crippen LogP contribution in [0.4, 0.5) is 0 Å². The SMILES string of the molecule is Cc1nc(C)c(CN2CCC(CC(=O)O)C2)s1. The highest BCUT2D eigenvalue weighted by atomic mass is 32.1. The fourth-order valence-corrected chi connectivity index (χ4v) is 3.37. The third-order valence-corrected chi connectivity index (χ3v) is 4.26. The Kier molecular flexibility index (Phi) is 3.79. The molecule has 4 nitrogen and oxygen atoms in total. The van der Waals surface area contributed by atoms with Gasteiger partial charge in [0.15, 0.2) is 0 Å². The van der Waals surface area contributed by atoms with E-state index in [0.717, 1.165) is 36.8 Å². The molecule has 1 N–H and O–H groups in total. The maximum atomic E-state index is 10.7. The van der Waals surface area contributed by atoms with Crippen LogP contribution in [0.25, 0.3) is 0 Å². The Morgan fingerprint density at radius 2 is 2.35 bits per heavy atom. The third-order valence-electron chi connectivity index (χ3n) is 3.20. The molecule has 1 unspecified atom stereocenters. The van der Waals surface area contributed by atoms with Crippen molar-refractivity contribution in [2.24, 2.45) is 5.92 Å². The zero-order valence-electron chi connectivity index (χ0n) is 10.3. The van der Waals surface area contributed by atoms with Crippen molar-refractivity contribution in [3.05, 3.63) is 15.6 Å². The maximum absolute atomic E-state index is 10.7. The lowest BCUT2D eigenvalue weighted by Crippen LogP contribution is -2.20. The van der Waals surface area contributed by atoms with Gasteiger partial charge in [0.2, 0.25) is 0 Å². The molecule has 94 valence electrons. The molecule has 1 aliphatic rings. The van der Waals surface area contributed by atoms with Gasteiger partial charge in [0.25, 0.3) is 0 Å². The van der Waals surface area contributed by atoms with Gasteiger partial charge < -0.3 is 5.11 Å². The molecule has 5 heteroatoms. The molecule has 2 heterocycles. The Morgan fingerprint density at radius 1 is 1.59 bits per heavy atom. The molecule has 2 rings (SSSR count). The number of aromatic nitrogens is 1. The minimum atomic E-state index is -0.679. The molecule has 0 amide bonds. The van der Waals surface area contributed by atoms with Crippen LogP contribution in [-0.2, 0) is 11.3 Å². The Hall–Kier alpha value is -0.940. The molecular formula is C12H18N2O2S. The average molecular weight is 254 g/mol. The first-order valence-corrected chi connectivity index (χ1v) is 6.73. The van der Waals surface area contributed by atoms with Crippen molar-refractivity contribution in [3.8, 4) is 0 Å². The maximum Gasteiger partial charge on any atom is 0.303 e. The minimum absolute atomic E-state index is 0.303. The molecule has 0 bridgehead atoms. The summed E-state index contributed by atoms with van der Waals surface area (Å²) in [6.07, 6.45) is 1.31. The van der Waals surface area contributed by atoms with E-state index in [4.69, 9.17) is 5.11 Å². The van der Waals surface area contributed by atoms with Gasteiger partial charge in [-0.05, 0) is 32.7 Å². The number of carbonyl (C=O) groups is 1. The monoisotopic (exact) mass is 254 g/mol. The summed E-state index contributed by atoms with van der Waals surface area (Å²) in [6.45, 7) is 6.91. The molecule has 0 spiro atoms. The predicted molar refractivity (Wildman–Crippen MR) is 67.2 cm³/mol. The zero-order chi connectivity index (χ0) is 12.4. The average Bonchev–Trinajstić information content (AvgIpc) is 2.74. The van der Waals surface area contributed by atoms with Crippen molar-refractivity contribution in [3.63, 3.8) is 0 Å². The summed E-state index contributed by atoms with van der Waals surface area (Å²) in [5.41, 5.74) is 1.12. The van der Waals surface area contributed by atoms with Gasteiger partial charge in [-0.2, -0.15) is 0 Å². The van der Waals surface area contributed by atoms with E-state index in [1.807, 2.05) is 13.8 Å². The summed E-state index contributed by atoms with van der Waals surface area (Å²) < 4.78 is 0. The molecule has 1 aromatic heterocycles. The van der Waals surface area contributed by atoms with E-state index in [9.17, 15) is 4.79 Å². The topological polar surface area (TPSA) is 53.4 Å². The van der Waals surface area contributed by atoms with Gasteiger partial charge in [0.1, 0.15) is 0 Å². The highest BCUT2D eigenvalue weighted by Gasteiger charge is 2.25. The Balaban J connectivity index is 1.89. The van der Waals surface area contributed by atoms with E-state index < -0.39 is 5.97 Å². The number of hydrogen-bond donors (Lipinski definition) is 1. The van der Waals surface area contributed by atoms with Crippen molar-refractivity contribution in [1.29, 1.82) is 0 Å². The summed E-state index contributed by atoms with van der Waals surface area (Å²) >= 11 is 1.75. The summed E-state index contributed by atoms with van der Waals surface area (Å²) in [5.74, 6) is -0.358. The molecule has 1 aromatic rings. The fourth-order valence-electron chi connectivity index (χ4n) is 2.39. The van der Waals surface area contributed by atoms with Gasteiger partial charge >= 0.3 is 5.97 Å². The van der Waals surface area contributed by atoms with Crippen molar-refractivity contribution in [2.45, 2.75) is 33.2 Å².